The number of piperidine rings is 2. The van der Waals surface area contributed by atoms with Crippen LogP contribution in [0.2, 0.25) is 0 Å². The van der Waals surface area contributed by atoms with Gasteiger partial charge in [-0.15, -0.1) is 0 Å². The standard InChI is InChI=1S/C26H30N8O2.C23H28BrN7O.C9H14BNO3/c1-16-24(27)26(15-35-16)6-9-33(10-7-26)22-13-28-23-20(32-22)12-29-25(23)34-8-2-3-19-21(34)5-4-18(31-19)17-11-30-36-14-17;1-14-21(25)23(13-32-14)6-9-30(10-7-23)19-12-26-20-16(29-19)11-27-22(20)31-8-2-3-15-17(31)4-5-18(24)28-15;1-8(2)9(3,4)14-10(13-8)7-5-11-12-6-7/h4-5,11,13-14,16,24H,2-3,6-10,12,15,27H2,1H3;4-5,12,14,21H,2-3,6-11,13,25H2,1H3;5-6H,1-4H3/t16-,24+;14-,21+;/m00./s1. The Labute approximate surface area is 486 Å². The van der Waals surface area contributed by atoms with Gasteiger partial charge in [-0.2, -0.15) is 0 Å². The summed E-state index contributed by atoms with van der Waals surface area (Å²) in [6.45, 7) is 20.4. The number of ether oxygens (including phenoxy) is 2. The Morgan fingerprint density at radius 1 is 0.585 bits per heavy atom. The van der Waals surface area contributed by atoms with Gasteiger partial charge in [-0.05, 0) is 133 Å². The highest BCUT2D eigenvalue weighted by Gasteiger charge is 2.53. The van der Waals surface area contributed by atoms with Crippen molar-refractivity contribution in [2.24, 2.45) is 32.3 Å². The third-order valence-electron chi connectivity index (χ3n) is 19.0. The lowest BCUT2D eigenvalue weighted by molar-refractivity contribution is 0.00578. The number of fused-ring (bicyclic) bond motifs is 4. The first kappa shape index (κ1) is 54.9. The molecule has 22 nitrogen and oxygen atoms in total. The van der Waals surface area contributed by atoms with Crippen LogP contribution in [0.3, 0.4) is 0 Å². The van der Waals surface area contributed by atoms with E-state index in [4.69, 9.17) is 74.2 Å². The molecule has 24 heteroatoms. The van der Waals surface area contributed by atoms with Crippen LogP contribution in [0.25, 0.3) is 11.3 Å². The van der Waals surface area contributed by atoms with E-state index in [2.05, 4.69) is 76.8 Å². The van der Waals surface area contributed by atoms with Crippen molar-refractivity contribution in [2.45, 2.75) is 141 Å². The summed E-state index contributed by atoms with van der Waals surface area (Å²) in [6.07, 6.45) is 18.7. The number of pyridine rings is 2. The second-order valence-electron chi connectivity index (χ2n) is 24.3. The second-order valence-corrected chi connectivity index (χ2v) is 25.2. The largest absolute Gasteiger partial charge is 0.499 e. The van der Waals surface area contributed by atoms with Gasteiger partial charge in [0.1, 0.15) is 40.2 Å². The van der Waals surface area contributed by atoms with Gasteiger partial charge in [0, 0.05) is 67.6 Å². The van der Waals surface area contributed by atoms with E-state index in [0.717, 1.165) is 194 Å². The number of rotatable bonds is 4. The monoisotopic (exact) mass is 1180 g/mol. The molecule has 9 aliphatic heterocycles. The van der Waals surface area contributed by atoms with Crippen molar-refractivity contribution in [2.75, 3.05) is 72.1 Å². The van der Waals surface area contributed by atoms with Crippen LogP contribution < -0.4 is 36.5 Å². The van der Waals surface area contributed by atoms with E-state index in [1.165, 1.54) is 0 Å². The number of aryl methyl sites for hydroxylation is 2. The fraction of sp³-hybridized carbons (Fsp3) is 0.552. The van der Waals surface area contributed by atoms with E-state index in [9.17, 15) is 0 Å². The summed E-state index contributed by atoms with van der Waals surface area (Å²) in [4.78, 5) is 48.1. The lowest BCUT2D eigenvalue weighted by Crippen LogP contribution is -2.50. The highest BCUT2D eigenvalue weighted by Crippen LogP contribution is 2.44. The van der Waals surface area contributed by atoms with E-state index in [1.807, 2.05) is 52.2 Å². The zero-order chi connectivity index (χ0) is 56.5. The topological polar surface area (TPSA) is 256 Å². The first-order valence-electron chi connectivity index (χ1n) is 29.0. The van der Waals surface area contributed by atoms with Gasteiger partial charge in [0.15, 0.2) is 11.7 Å². The zero-order valence-electron chi connectivity index (χ0n) is 47.6. The Hall–Kier alpha value is -6.28. The molecule has 0 unspecified atom stereocenters. The van der Waals surface area contributed by atoms with Gasteiger partial charge in [0.2, 0.25) is 0 Å². The molecule has 4 N–H and O–H groups in total. The number of nitrogens with two attached hydrogens (primary N) is 2. The zero-order valence-corrected chi connectivity index (χ0v) is 49.2. The molecule has 0 radical (unpaired) electrons. The Morgan fingerprint density at radius 2 is 1.09 bits per heavy atom. The number of hydrogen-bond donors (Lipinski definition) is 2. The van der Waals surface area contributed by atoms with Gasteiger partial charge in [-0.1, -0.05) is 10.3 Å². The molecule has 0 saturated carbocycles. The number of halogens is 1. The summed E-state index contributed by atoms with van der Waals surface area (Å²) in [7, 11) is -0.369. The highest BCUT2D eigenvalue weighted by atomic mass is 79.9. The number of hydrogen-bond acceptors (Lipinski definition) is 22. The molecule has 4 atom stereocenters. The van der Waals surface area contributed by atoms with E-state index >= 15 is 0 Å². The second kappa shape index (κ2) is 21.7. The molecule has 6 aromatic heterocycles. The highest BCUT2D eigenvalue weighted by molar-refractivity contribution is 9.10. The third-order valence-corrected chi connectivity index (χ3v) is 19.4. The third kappa shape index (κ3) is 10.1. The Morgan fingerprint density at radius 3 is 1.56 bits per heavy atom. The SMILES string of the molecule is CC1(C)OB(c2cnoc2)OC1(C)C.C[C@@H]1OCC2(CCN(c3cnc4c(n3)CN=C4N3CCCc4nc(-c5cnoc5)ccc43)CC2)[C@@H]1N.C[C@@H]1OCC2(CCN(c3cnc4c(n3)CN=C4N3CCCc4nc(Br)ccc43)CC2)[C@@H]1N. The van der Waals surface area contributed by atoms with Crippen LogP contribution in [0, 0.1) is 10.8 Å². The van der Waals surface area contributed by atoms with Crippen LogP contribution >= 0.6 is 15.9 Å². The summed E-state index contributed by atoms with van der Waals surface area (Å²) in [5, 5.41) is 7.43. The van der Waals surface area contributed by atoms with Crippen molar-refractivity contribution in [3.05, 3.63) is 100 Å². The maximum atomic E-state index is 6.50. The van der Waals surface area contributed by atoms with Gasteiger partial charge in [-0.3, -0.25) is 15.0 Å². The predicted octanol–water partition coefficient (Wildman–Crippen LogP) is 6.23. The lowest BCUT2D eigenvalue weighted by atomic mass is 9.73. The molecule has 15 heterocycles. The van der Waals surface area contributed by atoms with E-state index in [-0.39, 0.29) is 53.4 Å². The average molecular weight is 1180 g/mol. The maximum Gasteiger partial charge on any atom is 0.499 e. The minimum absolute atomic E-state index is 0.0973. The first-order chi connectivity index (χ1) is 39.6. The number of aromatic nitrogens is 8. The van der Waals surface area contributed by atoms with E-state index in [0.29, 0.717) is 13.1 Å². The van der Waals surface area contributed by atoms with Crippen molar-refractivity contribution < 1.29 is 27.8 Å². The number of amidine groups is 2. The van der Waals surface area contributed by atoms with Crippen molar-refractivity contribution >= 4 is 63.2 Å². The van der Waals surface area contributed by atoms with Gasteiger partial charge in [-0.25, -0.2) is 24.9 Å². The van der Waals surface area contributed by atoms with Crippen molar-refractivity contribution in [3.8, 4) is 11.3 Å². The molecule has 2 spiro atoms. The van der Waals surface area contributed by atoms with Crippen LogP contribution in [-0.2, 0) is 44.7 Å². The maximum absolute atomic E-state index is 6.50. The van der Waals surface area contributed by atoms with Crippen LogP contribution in [0.5, 0.6) is 0 Å². The van der Waals surface area contributed by atoms with Gasteiger partial charge in [0.05, 0.1) is 120 Å². The molecular formula is C58H72BBrN16O6. The normalized spacial score (nSPS) is 25.2. The summed E-state index contributed by atoms with van der Waals surface area (Å²) >= 11 is 3.49. The first-order valence-corrected chi connectivity index (χ1v) is 29.8. The summed E-state index contributed by atoms with van der Waals surface area (Å²) in [6, 6.07) is 8.47. The Kier molecular flexibility index (Phi) is 14.6. The molecule has 430 valence electrons. The lowest BCUT2D eigenvalue weighted by Gasteiger charge is -2.41. The molecule has 0 aliphatic carbocycles. The summed E-state index contributed by atoms with van der Waals surface area (Å²) in [5.74, 6) is 3.69. The molecule has 5 fully saturated rings. The van der Waals surface area contributed by atoms with Crippen LogP contribution in [0.1, 0.15) is 114 Å². The van der Waals surface area contributed by atoms with Crippen molar-refractivity contribution in [1.29, 1.82) is 0 Å². The van der Waals surface area contributed by atoms with Gasteiger partial charge < -0.3 is 58.9 Å². The molecular weight excluding hydrogens is 1110 g/mol. The average Bonchev–Trinajstić information content (AvgIpc) is 4.52. The number of nitrogens with zero attached hydrogens (tertiary/aromatic N) is 14. The fourth-order valence-corrected chi connectivity index (χ4v) is 13.4. The minimum atomic E-state index is -0.369. The molecule has 15 rings (SSSR count). The van der Waals surface area contributed by atoms with E-state index in [1.54, 1.807) is 24.9 Å². The molecule has 0 bridgehead atoms. The van der Waals surface area contributed by atoms with E-state index < -0.39 is 0 Å². The molecule has 0 aromatic carbocycles. The summed E-state index contributed by atoms with van der Waals surface area (Å²) in [5.41, 5.74) is 23.2. The van der Waals surface area contributed by atoms with Crippen molar-refractivity contribution in [1.82, 2.24) is 40.2 Å². The minimum Gasteiger partial charge on any atom is -0.399 e. The Bertz CT molecular complexity index is 3350. The smallest absolute Gasteiger partial charge is 0.399 e. The molecule has 82 heavy (non-hydrogen) atoms. The van der Waals surface area contributed by atoms with Gasteiger partial charge >= 0.3 is 7.12 Å². The van der Waals surface area contributed by atoms with Gasteiger partial charge in [0.25, 0.3) is 0 Å². The quantitative estimate of drug-likeness (QED) is 0.147. The van der Waals surface area contributed by atoms with Crippen LogP contribution in [-0.4, -0.2) is 147 Å². The molecule has 6 aromatic rings. The Balaban J connectivity index is 0.000000126. The molecule has 5 saturated heterocycles. The predicted molar refractivity (Wildman–Crippen MR) is 314 cm³/mol. The number of aliphatic imine (C=N–C) groups is 2. The van der Waals surface area contributed by atoms with Crippen LogP contribution in [0.4, 0.5) is 23.0 Å². The molecule has 9 aliphatic rings. The summed E-state index contributed by atoms with van der Waals surface area (Å²) < 4.78 is 33.9. The van der Waals surface area contributed by atoms with Crippen molar-refractivity contribution in [3.63, 3.8) is 0 Å². The van der Waals surface area contributed by atoms with Crippen LogP contribution in [0.15, 0.2) is 85.2 Å². The molecule has 0 amide bonds. The number of anilines is 4. The fourth-order valence-electron chi connectivity index (χ4n) is 13.0.